The summed E-state index contributed by atoms with van der Waals surface area (Å²) in [5.41, 5.74) is 0. The van der Waals surface area contributed by atoms with Gasteiger partial charge in [-0.2, -0.15) is 0 Å². The summed E-state index contributed by atoms with van der Waals surface area (Å²) >= 11 is 0. The number of methoxy groups -OCH3 is 1. The van der Waals surface area contributed by atoms with Crippen LogP contribution in [0.5, 0.6) is 0 Å². The lowest BCUT2D eigenvalue weighted by Gasteiger charge is -2.32. The van der Waals surface area contributed by atoms with E-state index < -0.39 is 0 Å². The quantitative estimate of drug-likeness (QED) is 0.684. The van der Waals surface area contributed by atoms with Crippen molar-refractivity contribution in [2.24, 2.45) is 0 Å². The molecule has 1 rings (SSSR count). The second-order valence-corrected chi connectivity index (χ2v) is 4.45. The van der Waals surface area contributed by atoms with Crippen molar-refractivity contribution in [3.05, 3.63) is 0 Å². The van der Waals surface area contributed by atoms with Gasteiger partial charge < -0.3 is 19.9 Å². The van der Waals surface area contributed by atoms with Gasteiger partial charge in [-0.1, -0.05) is 6.92 Å². The highest BCUT2D eigenvalue weighted by molar-refractivity contribution is 4.80. The molecule has 0 amide bonds. The van der Waals surface area contributed by atoms with Crippen LogP contribution in [0, 0.1) is 0 Å². The zero-order chi connectivity index (χ0) is 11.8. The monoisotopic (exact) mass is 231 g/mol. The number of rotatable bonds is 7. The smallest absolute Gasteiger partial charge is 0.0616 e. The van der Waals surface area contributed by atoms with Crippen molar-refractivity contribution in [2.45, 2.75) is 50.8 Å². The first-order valence-corrected chi connectivity index (χ1v) is 6.27. The van der Waals surface area contributed by atoms with Gasteiger partial charge in [0.2, 0.25) is 0 Å². The Labute approximate surface area is 98.3 Å². The van der Waals surface area contributed by atoms with Crippen molar-refractivity contribution >= 4 is 0 Å². The van der Waals surface area contributed by atoms with Crippen LogP contribution in [0.2, 0.25) is 0 Å². The van der Waals surface area contributed by atoms with Gasteiger partial charge in [0.1, 0.15) is 0 Å². The van der Waals surface area contributed by atoms with Crippen LogP contribution in [-0.4, -0.2) is 50.2 Å². The minimum atomic E-state index is 0.210. The second kappa shape index (κ2) is 8.01. The normalized spacial score (nSPS) is 27.9. The highest BCUT2D eigenvalue weighted by Crippen LogP contribution is 2.17. The zero-order valence-corrected chi connectivity index (χ0v) is 10.4. The Hall–Kier alpha value is -0.160. The van der Waals surface area contributed by atoms with Gasteiger partial charge >= 0.3 is 0 Å². The molecule has 0 aromatic heterocycles. The van der Waals surface area contributed by atoms with Crippen LogP contribution < -0.4 is 5.32 Å². The average molecular weight is 231 g/mol. The molecule has 96 valence electrons. The molecule has 0 aromatic carbocycles. The first-order valence-electron chi connectivity index (χ1n) is 6.27. The molecule has 0 spiro atoms. The molecule has 0 aliphatic carbocycles. The van der Waals surface area contributed by atoms with E-state index in [1.54, 1.807) is 7.11 Å². The molecule has 4 heteroatoms. The number of nitrogens with one attached hydrogen (secondary N) is 1. The third-order valence-electron chi connectivity index (χ3n) is 3.14. The van der Waals surface area contributed by atoms with E-state index in [9.17, 15) is 0 Å². The Morgan fingerprint density at radius 3 is 3.00 bits per heavy atom. The first-order chi connectivity index (χ1) is 7.80. The fraction of sp³-hybridized carbons (Fsp3) is 1.00. The Morgan fingerprint density at radius 2 is 2.38 bits per heavy atom. The molecule has 1 heterocycles. The van der Waals surface area contributed by atoms with E-state index in [1.165, 1.54) is 0 Å². The van der Waals surface area contributed by atoms with Gasteiger partial charge in [0, 0.05) is 32.4 Å². The van der Waals surface area contributed by atoms with Gasteiger partial charge in [-0.25, -0.2) is 0 Å². The Morgan fingerprint density at radius 1 is 1.56 bits per heavy atom. The third kappa shape index (κ3) is 4.78. The minimum absolute atomic E-state index is 0.210. The maximum atomic E-state index is 8.97. The fourth-order valence-electron chi connectivity index (χ4n) is 2.22. The van der Waals surface area contributed by atoms with Crippen molar-refractivity contribution in [1.82, 2.24) is 5.32 Å². The van der Waals surface area contributed by atoms with Gasteiger partial charge in [-0.3, -0.25) is 0 Å². The summed E-state index contributed by atoms with van der Waals surface area (Å²) in [5.74, 6) is 0. The molecule has 0 radical (unpaired) electrons. The molecular formula is C12H25NO3. The zero-order valence-electron chi connectivity index (χ0n) is 10.4. The molecule has 0 bridgehead atoms. The molecule has 1 aliphatic rings. The largest absolute Gasteiger partial charge is 0.396 e. The summed E-state index contributed by atoms with van der Waals surface area (Å²) in [6, 6.07) is 0.765. The topological polar surface area (TPSA) is 50.7 Å². The number of aliphatic hydroxyl groups excluding tert-OH is 1. The summed E-state index contributed by atoms with van der Waals surface area (Å²) in [5, 5.41) is 12.5. The molecule has 1 aliphatic heterocycles. The molecule has 0 saturated carbocycles. The van der Waals surface area contributed by atoms with E-state index in [0.717, 1.165) is 32.3 Å². The number of hydrogen-bond acceptors (Lipinski definition) is 4. The van der Waals surface area contributed by atoms with Crippen LogP contribution in [0.15, 0.2) is 0 Å². The van der Waals surface area contributed by atoms with Crippen molar-refractivity contribution in [1.29, 1.82) is 0 Å². The third-order valence-corrected chi connectivity index (χ3v) is 3.14. The van der Waals surface area contributed by atoms with E-state index in [2.05, 4.69) is 12.2 Å². The highest BCUT2D eigenvalue weighted by atomic mass is 16.5. The Kier molecular flexibility index (Phi) is 6.96. The standard InChI is InChI=1S/C12H25NO3/c1-3-12-8-10(5-7-16-12)13-11(4-6-14)9-15-2/h10-14H,3-9H2,1-2H3. The van der Waals surface area contributed by atoms with Crippen LogP contribution in [0.1, 0.15) is 32.6 Å². The lowest BCUT2D eigenvalue weighted by Crippen LogP contribution is -2.46. The summed E-state index contributed by atoms with van der Waals surface area (Å²) in [6.45, 7) is 3.87. The molecule has 1 fully saturated rings. The van der Waals surface area contributed by atoms with Crippen molar-refractivity contribution in [2.75, 3.05) is 26.9 Å². The van der Waals surface area contributed by atoms with Crippen LogP contribution in [0.25, 0.3) is 0 Å². The molecular weight excluding hydrogens is 206 g/mol. The van der Waals surface area contributed by atoms with E-state index in [-0.39, 0.29) is 12.6 Å². The van der Waals surface area contributed by atoms with Crippen molar-refractivity contribution in [3.8, 4) is 0 Å². The summed E-state index contributed by atoms with van der Waals surface area (Å²) in [6.07, 6.45) is 4.35. The number of hydrogen-bond donors (Lipinski definition) is 2. The highest BCUT2D eigenvalue weighted by Gasteiger charge is 2.23. The van der Waals surface area contributed by atoms with E-state index in [4.69, 9.17) is 14.6 Å². The Bertz CT molecular complexity index is 172. The van der Waals surface area contributed by atoms with Crippen LogP contribution in [0.3, 0.4) is 0 Å². The van der Waals surface area contributed by atoms with E-state index in [0.29, 0.717) is 18.8 Å². The Balaban J connectivity index is 2.31. The maximum absolute atomic E-state index is 8.97. The SMILES string of the molecule is CCC1CC(NC(CCO)COC)CCO1. The first kappa shape index (κ1) is 13.9. The summed E-state index contributed by atoms with van der Waals surface area (Å²) < 4.78 is 10.8. The van der Waals surface area contributed by atoms with Crippen LogP contribution in [-0.2, 0) is 9.47 Å². The van der Waals surface area contributed by atoms with Crippen molar-refractivity contribution < 1.29 is 14.6 Å². The van der Waals surface area contributed by atoms with Crippen LogP contribution >= 0.6 is 0 Å². The molecule has 3 atom stereocenters. The molecule has 3 unspecified atom stereocenters. The lowest BCUT2D eigenvalue weighted by atomic mass is 10.0. The molecule has 16 heavy (non-hydrogen) atoms. The van der Waals surface area contributed by atoms with Crippen LogP contribution in [0.4, 0.5) is 0 Å². The molecule has 2 N–H and O–H groups in total. The van der Waals surface area contributed by atoms with Crippen molar-refractivity contribution in [3.63, 3.8) is 0 Å². The average Bonchev–Trinajstić information content (AvgIpc) is 2.30. The van der Waals surface area contributed by atoms with Gasteiger partial charge in [-0.05, 0) is 25.7 Å². The van der Waals surface area contributed by atoms with E-state index >= 15 is 0 Å². The number of ether oxygens (including phenoxy) is 2. The fourth-order valence-corrected chi connectivity index (χ4v) is 2.22. The summed E-state index contributed by atoms with van der Waals surface area (Å²) in [4.78, 5) is 0. The molecule has 4 nitrogen and oxygen atoms in total. The summed E-state index contributed by atoms with van der Waals surface area (Å²) in [7, 11) is 1.70. The molecule has 1 saturated heterocycles. The predicted octanol–water partition coefficient (Wildman–Crippen LogP) is 0.931. The maximum Gasteiger partial charge on any atom is 0.0616 e. The number of aliphatic hydroxyl groups is 1. The van der Waals surface area contributed by atoms with E-state index in [1.807, 2.05) is 0 Å². The van der Waals surface area contributed by atoms with Gasteiger partial charge in [0.15, 0.2) is 0 Å². The minimum Gasteiger partial charge on any atom is -0.396 e. The molecule has 0 aromatic rings. The second-order valence-electron chi connectivity index (χ2n) is 4.45. The lowest BCUT2D eigenvalue weighted by molar-refractivity contribution is -0.00464. The van der Waals surface area contributed by atoms with Gasteiger partial charge in [-0.15, -0.1) is 0 Å². The van der Waals surface area contributed by atoms with Gasteiger partial charge in [0.25, 0.3) is 0 Å². The predicted molar refractivity (Wildman–Crippen MR) is 63.6 cm³/mol. The van der Waals surface area contributed by atoms with Gasteiger partial charge in [0.05, 0.1) is 12.7 Å².